The second kappa shape index (κ2) is 13.1. The van der Waals surface area contributed by atoms with E-state index in [0.29, 0.717) is 46.5 Å². The van der Waals surface area contributed by atoms with Crippen LogP contribution in [0.3, 0.4) is 0 Å². The van der Waals surface area contributed by atoms with Gasteiger partial charge in [-0.15, -0.1) is 0 Å². The fraction of sp³-hybridized carbons (Fsp3) is 0.353. The first-order valence-corrected chi connectivity index (χ1v) is 20.3. The van der Waals surface area contributed by atoms with Crippen molar-refractivity contribution < 1.29 is 23.9 Å². The SMILES string of the molecule is CC1=CC[C@]2(C)c3ccccc3CC[C@H]2[C@@]1(C)/C=C1\Oc2ccccc2C1=O.C[C@]1(/C=C2\Oc3ccccc3C2=O)C(=O)CC[C@]2(C)c3ccccc3CC[C@@H]12. The van der Waals surface area contributed by atoms with E-state index in [4.69, 9.17) is 9.47 Å². The predicted octanol–water partition coefficient (Wildman–Crippen LogP) is 11.1. The highest BCUT2D eigenvalue weighted by Gasteiger charge is 2.56. The second-order valence-corrected chi connectivity index (χ2v) is 17.8. The van der Waals surface area contributed by atoms with E-state index in [9.17, 15) is 14.4 Å². The van der Waals surface area contributed by atoms with Gasteiger partial charge in [0.05, 0.1) is 16.5 Å². The van der Waals surface area contributed by atoms with Gasteiger partial charge < -0.3 is 9.47 Å². The molecule has 2 aliphatic heterocycles. The van der Waals surface area contributed by atoms with Crippen molar-refractivity contribution in [1.29, 1.82) is 0 Å². The average Bonchev–Trinajstić information content (AvgIpc) is 3.69. The van der Waals surface area contributed by atoms with Crippen LogP contribution in [0, 0.1) is 22.7 Å². The first-order chi connectivity index (χ1) is 26.9. The molecule has 5 heteroatoms. The topological polar surface area (TPSA) is 69.7 Å². The van der Waals surface area contributed by atoms with Crippen LogP contribution >= 0.6 is 0 Å². The lowest BCUT2D eigenvalue weighted by atomic mass is 9.49. The number of allylic oxidation sites excluding steroid dienone is 6. The molecular weight excluding hydrogens is 693 g/mol. The summed E-state index contributed by atoms with van der Waals surface area (Å²) in [6.07, 6.45) is 12.9. The van der Waals surface area contributed by atoms with Gasteiger partial charge in [-0.1, -0.05) is 105 Å². The summed E-state index contributed by atoms with van der Waals surface area (Å²) in [7, 11) is 0. The number of hydrogen-bond donors (Lipinski definition) is 0. The van der Waals surface area contributed by atoms with Gasteiger partial charge in [-0.25, -0.2) is 0 Å². The van der Waals surface area contributed by atoms with Crippen molar-refractivity contribution in [2.45, 2.75) is 90.4 Å². The van der Waals surface area contributed by atoms with E-state index in [2.05, 4.69) is 88.4 Å². The molecular formula is C51H50O5. The van der Waals surface area contributed by atoms with Gasteiger partial charge in [0.2, 0.25) is 11.6 Å². The number of carbonyl (C=O) groups is 3. The molecule has 2 heterocycles. The van der Waals surface area contributed by atoms with Crippen LogP contribution in [0.15, 0.2) is 132 Å². The van der Waals surface area contributed by atoms with Crippen molar-refractivity contribution in [2.75, 3.05) is 0 Å². The maximum absolute atomic E-state index is 13.2. The van der Waals surface area contributed by atoms with Crippen molar-refractivity contribution in [3.63, 3.8) is 0 Å². The molecule has 6 aliphatic rings. The summed E-state index contributed by atoms with van der Waals surface area (Å²) in [4.78, 5) is 39.0. The minimum atomic E-state index is -0.701. The smallest absolute Gasteiger partial charge is 0.231 e. The number of rotatable bonds is 2. The first-order valence-electron chi connectivity index (χ1n) is 20.3. The predicted molar refractivity (Wildman–Crippen MR) is 219 cm³/mol. The highest BCUT2D eigenvalue weighted by atomic mass is 16.5. The Hall–Kier alpha value is -5.29. The summed E-state index contributed by atoms with van der Waals surface area (Å²) in [5, 5.41) is 0. The third-order valence-electron chi connectivity index (χ3n) is 14.8. The average molecular weight is 743 g/mol. The van der Waals surface area contributed by atoms with E-state index in [1.54, 1.807) is 12.1 Å². The Bertz CT molecular complexity index is 2410. The van der Waals surface area contributed by atoms with Crippen molar-refractivity contribution in [3.05, 3.63) is 166 Å². The van der Waals surface area contributed by atoms with Gasteiger partial charge >= 0.3 is 0 Å². The van der Waals surface area contributed by atoms with Gasteiger partial charge in [-0.3, -0.25) is 14.4 Å². The molecule has 1 fully saturated rings. The van der Waals surface area contributed by atoms with Crippen LogP contribution < -0.4 is 9.47 Å². The largest absolute Gasteiger partial charge is 0.453 e. The Morgan fingerprint density at radius 1 is 0.571 bits per heavy atom. The molecule has 0 amide bonds. The highest BCUT2D eigenvalue weighted by molar-refractivity contribution is 6.13. The van der Waals surface area contributed by atoms with Crippen LogP contribution in [0.5, 0.6) is 11.5 Å². The number of benzene rings is 4. The van der Waals surface area contributed by atoms with E-state index in [1.807, 2.05) is 49.4 Å². The zero-order chi connectivity index (χ0) is 39.0. The second-order valence-electron chi connectivity index (χ2n) is 17.8. The van der Waals surface area contributed by atoms with Gasteiger partial charge in [0.1, 0.15) is 17.3 Å². The minimum absolute atomic E-state index is 0.00751. The van der Waals surface area contributed by atoms with Gasteiger partial charge in [0.25, 0.3) is 0 Å². The van der Waals surface area contributed by atoms with Gasteiger partial charge in [0.15, 0.2) is 11.5 Å². The number of Topliss-reactive ketones (excluding diaryl/α,β-unsaturated/α-hetero) is 3. The maximum atomic E-state index is 13.2. The van der Waals surface area contributed by atoms with Crippen molar-refractivity contribution in [3.8, 4) is 11.5 Å². The lowest BCUT2D eigenvalue weighted by Gasteiger charge is -2.54. The number of ketones is 3. The Morgan fingerprint density at radius 2 is 1.04 bits per heavy atom. The fourth-order valence-corrected chi connectivity index (χ4v) is 11.6. The Kier molecular flexibility index (Phi) is 8.54. The molecule has 0 unspecified atom stereocenters. The zero-order valence-corrected chi connectivity index (χ0v) is 33.1. The molecule has 56 heavy (non-hydrogen) atoms. The summed E-state index contributed by atoms with van der Waals surface area (Å²) in [5.74, 6) is 2.75. The fourth-order valence-electron chi connectivity index (χ4n) is 11.6. The van der Waals surface area contributed by atoms with E-state index in [1.165, 1.54) is 27.8 Å². The molecule has 0 N–H and O–H groups in total. The number of ether oxygens (including phenoxy) is 2. The molecule has 4 aliphatic carbocycles. The van der Waals surface area contributed by atoms with E-state index in [0.717, 1.165) is 38.5 Å². The molecule has 0 saturated heterocycles. The lowest BCUT2D eigenvalue weighted by Crippen LogP contribution is -2.52. The Balaban J connectivity index is 0.000000146. The number of fused-ring (bicyclic) bond motifs is 8. The van der Waals surface area contributed by atoms with E-state index in [-0.39, 0.29) is 39.5 Å². The monoisotopic (exact) mass is 742 g/mol. The molecule has 0 bridgehead atoms. The van der Waals surface area contributed by atoms with Crippen LogP contribution in [0.2, 0.25) is 0 Å². The third-order valence-corrected chi connectivity index (χ3v) is 14.8. The van der Waals surface area contributed by atoms with Crippen molar-refractivity contribution in [2.24, 2.45) is 22.7 Å². The zero-order valence-electron chi connectivity index (χ0n) is 33.1. The normalized spacial score (nSPS) is 32.4. The van der Waals surface area contributed by atoms with Crippen LogP contribution in [0.4, 0.5) is 0 Å². The molecule has 0 aromatic heterocycles. The van der Waals surface area contributed by atoms with Crippen molar-refractivity contribution >= 4 is 17.3 Å². The molecule has 6 atom stereocenters. The van der Waals surface area contributed by atoms with Crippen LogP contribution in [-0.2, 0) is 28.5 Å². The van der Waals surface area contributed by atoms with E-state index < -0.39 is 5.41 Å². The summed E-state index contributed by atoms with van der Waals surface area (Å²) in [5.41, 5.74) is 7.42. The molecule has 5 nitrogen and oxygen atoms in total. The van der Waals surface area contributed by atoms with Crippen molar-refractivity contribution in [1.82, 2.24) is 0 Å². The molecule has 4 aromatic rings. The summed E-state index contributed by atoms with van der Waals surface area (Å²) < 4.78 is 11.9. The standard InChI is InChI=1S/C26H26O2.C25H24O3/c1-17-14-15-25(2)20-10-6-4-8-18(20)12-13-23(25)26(17,3)16-22-24(27)19-9-5-7-11-21(19)28-22;1-24-14-13-22(26)25(2,21(24)12-11-16-7-3-5-9-18(16)24)15-20-23(27)17-8-4-6-10-19(17)28-20/h4-11,14,16,23H,12-13,15H2,1-3H3;3-10,15,21H,11-14H2,1-2H3/b22-16-;20-15-/t23-,25-,26+;21-,24-,25-/m11/s1. The summed E-state index contributed by atoms with van der Waals surface area (Å²) >= 11 is 0. The molecule has 4 aromatic carbocycles. The maximum Gasteiger partial charge on any atom is 0.231 e. The lowest BCUT2D eigenvalue weighted by molar-refractivity contribution is -0.134. The number of hydrogen-bond acceptors (Lipinski definition) is 5. The first kappa shape index (κ1) is 36.4. The number of carbonyl (C=O) groups excluding carboxylic acids is 3. The van der Waals surface area contributed by atoms with E-state index >= 15 is 0 Å². The summed E-state index contributed by atoms with van der Waals surface area (Å²) in [6.45, 7) is 11.2. The van der Waals surface area contributed by atoms with Crippen LogP contribution in [0.25, 0.3) is 0 Å². The Morgan fingerprint density at radius 3 is 1.59 bits per heavy atom. The minimum Gasteiger partial charge on any atom is -0.453 e. The summed E-state index contributed by atoms with van der Waals surface area (Å²) in [6, 6.07) is 32.3. The molecule has 1 saturated carbocycles. The molecule has 0 radical (unpaired) electrons. The van der Waals surface area contributed by atoms with Gasteiger partial charge in [-0.05, 0) is 128 Å². The Labute approximate surface area is 330 Å². The molecule has 10 rings (SSSR count). The van der Waals surface area contributed by atoms with Gasteiger partial charge in [-0.2, -0.15) is 0 Å². The third kappa shape index (κ3) is 5.44. The molecule has 0 spiro atoms. The van der Waals surface area contributed by atoms with Gasteiger partial charge in [0, 0.05) is 17.3 Å². The van der Waals surface area contributed by atoms with Crippen LogP contribution in [0.1, 0.15) is 110 Å². The quantitative estimate of drug-likeness (QED) is 0.151. The van der Waals surface area contributed by atoms with Crippen LogP contribution in [-0.4, -0.2) is 17.3 Å². The number of aryl methyl sites for hydroxylation is 2. The number of para-hydroxylation sites is 2. The molecule has 284 valence electrons. The highest BCUT2D eigenvalue weighted by Crippen LogP contribution is 2.59.